The van der Waals surface area contributed by atoms with Gasteiger partial charge in [-0.25, -0.2) is 26.3 Å². The molecule has 27 heavy (non-hydrogen) atoms. The average molecular weight is 414 g/mol. The fourth-order valence-corrected chi connectivity index (χ4v) is 4.27. The van der Waals surface area contributed by atoms with Gasteiger partial charge in [-0.1, -0.05) is 13.3 Å². The molecule has 0 bridgehead atoms. The quantitative estimate of drug-likeness (QED) is 0.493. The third-order valence-electron chi connectivity index (χ3n) is 5.88. The highest BCUT2D eigenvalue weighted by Crippen LogP contribution is 2.48. The van der Waals surface area contributed by atoms with E-state index in [1.807, 2.05) is 6.92 Å². The van der Waals surface area contributed by atoms with Crippen molar-refractivity contribution >= 4 is 0 Å². The Labute approximate surface area is 151 Å². The predicted octanol–water partition coefficient (Wildman–Crippen LogP) is 6.12. The van der Waals surface area contributed by atoms with Gasteiger partial charge >= 0.3 is 6.18 Å². The highest BCUT2D eigenvalue weighted by Gasteiger charge is 2.70. The first-order valence-electron chi connectivity index (χ1n) is 8.99. The van der Waals surface area contributed by atoms with Crippen molar-refractivity contribution in [3.63, 3.8) is 0 Å². The van der Waals surface area contributed by atoms with E-state index in [2.05, 4.69) is 4.74 Å². The maximum absolute atomic E-state index is 14.4. The van der Waals surface area contributed by atoms with Crippen molar-refractivity contribution in [1.29, 1.82) is 0 Å². The van der Waals surface area contributed by atoms with Crippen LogP contribution in [0.5, 0.6) is 0 Å². The lowest BCUT2D eigenvalue weighted by molar-refractivity contribution is -0.366. The Hall–Kier alpha value is -0.670. The Bertz CT molecular complexity index is 474. The monoisotopic (exact) mass is 414 g/mol. The average Bonchev–Trinajstić information content (AvgIpc) is 2.51. The molecule has 6 atom stereocenters. The summed E-state index contributed by atoms with van der Waals surface area (Å²) in [5.41, 5.74) is -5.03. The second kappa shape index (κ2) is 8.37. The zero-order valence-electron chi connectivity index (χ0n) is 14.7. The Morgan fingerprint density at radius 1 is 0.815 bits per heavy atom. The van der Waals surface area contributed by atoms with Gasteiger partial charge in [0.25, 0.3) is 18.5 Å². The van der Waals surface area contributed by atoms with E-state index in [1.54, 1.807) is 0 Å². The SMILES string of the molecule is CC1CCC(C2CCC(OC(C(F)F)(C(F)F)C(F)(F)F)C(F)C2)C(F)C1. The molecule has 0 N–H and O–H groups in total. The van der Waals surface area contributed by atoms with E-state index in [4.69, 9.17) is 0 Å². The zero-order valence-corrected chi connectivity index (χ0v) is 14.7. The van der Waals surface area contributed by atoms with Gasteiger partial charge in [0, 0.05) is 0 Å². The van der Waals surface area contributed by atoms with Crippen LogP contribution in [-0.4, -0.2) is 43.1 Å². The van der Waals surface area contributed by atoms with E-state index in [0.29, 0.717) is 12.8 Å². The van der Waals surface area contributed by atoms with Crippen LogP contribution >= 0.6 is 0 Å². The molecule has 0 saturated heterocycles. The van der Waals surface area contributed by atoms with Crippen molar-refractivity contribution in [3.05, 3.63) is 0 Å². The fourth-order valence-electron chi connectivity index (χ4n) is 4.27. The number of rotatable bonds is 5. The van der Waals surface area contributed by atoms with Gasteiger partial charge < -0.3 is 4.74 Å². The van der Waals surface area contributed by atoms with Crippen LogP contribution < -0.4 is 0 Å². The van der Waals surface area contributed by atoms with Crippen LogP contribution in [0.3, 0.4) is 0 Å². The fraction of sp³-hybridized carbons (Fsp3) is 1.00. The standard InChI is InChI=1S/C17H23F9O/c1-8-2-4-10(11(18)6-8)9-3-5-13(12(19)7-9)27-16(14(20)21,15(22)23)17(24,25)26/h8-15H,2-7H2,1H3. The third kappa shape index (κ3) is 4.50. The summed E-state index contributed by atoms with van der Waals surface area (Å²) in [6.07, 6.45) is -19.8. The lowest BCUT2D eigenvalue weighted by Crippen LogP contribution is -2.61. The molecule has 0 spiro atoms. The molecule has 10 heteroatoms. The minimum absolute atomic E-state index is 0.0466. The van der Waals surface area contributed by atoms with Crippen molar-refractivity contribution in [1.82, 2.24) is 0 Å². The van der Waals surface area contributed by atoms with Crippen LogP contribution in [0.2, 0.25) is 0 Å². The number of halogens is 9. The second-order valence-electron chi connectivity index (χ2n) is 7.74. The molecule has 0 aliphatic heterocycles. The van der Waals surface area contributed by atoms with Gasteiger partial charge in [-0.15, -0.1) is 0 Å². The van der Waals surface area contributed by atoms with Crippen molar-refractivity contribution in [2.75, 3.05) is 0 Å². The van der Waals surface area contributed by atoms with Gasteiger partial charge in [-0.05, 0) is 49.9 Å². The predicted molar refractivity (Wildman–Crippen MR) is 79.3 cm³/mol. The van der Waals surface area contributed by atoms with Crippen molar-refractivity contribution in [2.24, 2.45) is 17.8 Å². The van der Waals surface area contributed by atoms with Crippen LogP contribution in [0.15, 0.2) is 0 Å². The molecule has 0 radical (unpaired) electrons. The number of ether oxygens (including phenoxy) is 1. The second-order valence-corrected chi connectivity index (χ2v) is 7.74. The molecule has 2 saturated carbocycles. The van der Waals surface area contributed by atoms with E-state index < -0.39 is 61.3 Å². The van der Waals surface area contributed by atoms with Gasteiger partial charge in [0.1, 0.15) is 12.3 Å². The van der Waals surface area contributed by atoms with E-state index in [-0.39, 0.29) is 18.8 Å². The lowest BCUT2D eigenvalue weighted by Gasteiger charge is -2.43. The summed E-state index contributed by atoms with van der Waals surface area (Å²) >= 11 is 0. The minimum Gasteiger partial charge on any atom is -0.350 e. The summed E-state index contributed by atoms with van der Waals surface area (Å²) in [5.74, 6) is -0.750. The van der Waals surface area contributed by atoms with E-state index in [0.717, 1.165) is 6.42 Å². The van der Waals surface area contributed by atoms with Crippen LogP contribution in [0.1, 0.15) is 45.4 Å². The summed E-state index contributed by atoms with van der Waals surface area (Å²) in [6, 6.07) is 0. The molecule has 160 valence electrons. The number of hydrogen-bond donors (Lipinski definition) is 0. The highest BCUT2D eigenvalue weighted by atomic mass is 19.4. The first-order chi connectivity index (χ1) is 12.4. The molecule has 2 aliphatic carbocycles. The first-order valence-corrected chi connectivity index (χ1v) is 8.99. The first kappa shape index (κ1) is 22.6. The molecule has 0 amide bonds. The molecule has 6 unspecified atom stereocenters. The summed E-state index contributed by atoms with van der Waals surface area (Å²) in [6.45, 7) is 1.89. The van der Waals surface area contributed by atoms with Crippen molar-refractivity contribution in [2.45, 2.75) is 88.5 Å². The maximum atomic E-state index is 14.4. The molecule has 2 fully saturated rings. The van der Waals surface area contributed by atoms with E-state index in [9.17, 15) is 39.5 Å². The van der Waals surface area contributed by atoms with Gasteiger partial charge in [0.2, 0.25) is 0 Å². The summed E-state index contributed by atoms with van der Waals surface area (Å²) in [5, 5.41) is 0. The topological polar surface area (TPSA) is 9.23 Å². The van der Waals surface area contributed by atoms with Crippen LogP contribution in [0, 0.1) is 17.8 Å². The maximum Gasteiger partial charge on any atom is 0.428 e. The summed E-state index contributed by atoms with van der Waals surface area (Å²) < 4.78 is 123. The van der Waals surface area contributed by atoms with Crippen LogP contribution in [0.4, 0.5) is 39.5 Å². The third-order valence-corrected chi connectivity index (χ3v) is 5.88. The molecule has 0 aromatic rings. The molecule has 0 aromatic carbocycles. The van der Waals surface area contributed by atoms with Crippen molar-refractivity contribution in [3.8, 4) is 0 Å². The highest BCUT2D eigenvalue weighted by molar-refractivity contribution is 4.98. The van der Waals surface area contributed by atoms with E-state index >= 15 is 0 Å². The largest absolute Gasteiger partial charge is 0.428 e. The van der Waals surface area contributed by atoms with Gasteiger partial charge in [-0.3, -0.25) is 0 Å². The number of hydrogen-bond acceptors (Lipinski definition) is 1. The Kier molecular flexibility index (Phi) is 7.01. The van der Waals surface area contributed by atoms with Gasteiger partial charge in [0.15, 0.2) is 0 Å². The zero-order chi connectivity index (χ0) is 20.6. The lowest BCUT2D eigenvalue weighted by atomic mass is 9.69. The Morgan fingerprint density at radius 2 is 1.41 bits per heavy atom. The van der Waals surface area contributed by atoms with Crippen LogP contribution in [-0.2, 0) is 4.74 Å². The Balaban J connectivity index is 2.09. The molecule has 0 aromatic heterocycles. The summed E-state index contributed by atoms with van der Waals surface area (Å²) in [7, 11) is 0. The number of alkyl halides is 9. The molecular weight excluding hydrogens is 391 g/mol. The molecule has 2 rings (SSSR count). The smallest absolute Gasteiger partial charge is 0.350 e. The molecule has 1 nitrogen and oxygen atoms in total. The van der Waals surface area contributed by atoms with Crippen molar-refractivity contribution < 1.29 is 44.3 Å². The minimum atomic E-state index is -6.07. The summed E-state index contributed by atoms with van der Waals surface area (Å²) in [4.78, 5) is 0. The van der Waals surface area contributed by atoms with Gasteiger partial charge in [-0.2, -0.15) is 13.2 Å². The molecule has 2 aliphatic rings. The van der Waals surface area contributed by atoms with Gasteiger partial charge in [0.05, 0.1) is 6.10 Å². The van der Waals surface area contributed by atoms with E-state index in [1.165, 1.54) is 0 Å². The van der Waals surface area contributed by atoms with Crippen LogP contribution in [0.25, 0.3) is 0 Å². The molecular formula is C17H23F9O. The normalized spacial score (nSPS) is 36.4. The molecule has 0 heterocycles. The Morgan fingerprint density at radius 3 is 1.85 bits per heavy atom.